The molecule has 0 fully saturated rings. The number of aromatic nitrogens is 1. The molecule has 0 radical (unpaired) electrons. The standard InChI is InChI=1S/C29H40N4O7S/c1-11-41-22(34)29(18-30,33(25(37)40-28(8,9)10)31-23(35)38-26(2,3)4)16-19-17-32(24(36)39-27(5,6)7)21-15-13-12-14-20(19)21/h12-15,17H,11,16H2,1-10H3,(H,31,35)/t29-/m1/s1. The Morgan fingerprint density at radius 3 is 2.00 bits per heavy atom. The van der Waals surface area contributed by atoms with Crippen LogP contribution in [0.25, 0.3) is 10.9 Å². The van der Waals surface area contributed by atoms with Crippen LogP contribution in [0.5, 0.6) is 0 Å². The van der Waals surface area contributed by atoms with E-state index >= 15 is 0 Å². The van der Waals surface area contributed by atoms with Gasteiger partial charge in [0, 0.05) is 18.0 Å². The maximum Gasteiger partial charge on any atom is 0.431 e. The van der Waals surface area contributed by atoms with E-state index in [-0.39, 0.29) is 12.2 Å². The van der Waals surface area contributed by atoms with Crippen molar-refractivity contribution in [3.05, 3.63) is 36.0 Å². The molecule has 1 N–H and O–H groups in total. The van der Waals surface area contributed by atoms with E-state index < -0.39 is 45.7 Å². The van der Waals surface area contributed by atoms with Crippen LogP contribution in [0.15, 0.2) is 30.5 Å². The van der Waals surface area contributed by atoms with E-state index in [9.17, 15) is 24.4 Å². The molecule has 1 heterocycles. The van der Waals surface area contributed by atoms with Crippen molar-refractivity contribution >= 4 is 46.1 Å². The number of thioether (sulfide) groups is 1. The Kier molecular flexibility index (Phi) is 10.1. The Labute approximate surface area is 245 Å². The molecule has 0 unspecified atom stereocenters. The molecular weight excluding hydrogens is 548 g/mol. The van der Waals surface area contributed by atoms with E-state index in [1.165, 1.54) is 10.8 Å². The zero-order chi connectivity index (χ0) is 31.4. The summed E-state index contributed by atoms with van der Waals surface area (Å²) in [6, 6.07) is 8.89. The van der Waals surface area contributed by atoms with Crippen LogP contribution >= 0.6 is 11.8 Å². The van der Waals surface area contributed by atoms with E-state index in [4.69, 9.17) is 14.2 Å². The summed E-state index contributed by atoms with van der Waals surface area (Å²) in [5, 5.41) is 11.0. The summed E-state index contributed by atoms with van der Waals surface area (Å²) in [5.41, 5.74) is -1.88. The van der Waals surface area contributed by atoms with Gasteiger partial charge in [0.05, 0.1) is 5.52 Å². The number of ether oxygens (including phenoxy) is 3. The van der Waals surface area contributed by atoms with Gasteiger partial charge in [0.25, 0.3) is 0 Å². The molecule has 0 aliphatic heterocycles. The molecule has 0 saturated heterocycles. The van der Waals surface area contributed by atoms with Crippen LogP contribution in [0, 0.1) is 11.3 Å². The quantitative estimate of drug-likeness (QED) is 0.320. The Morgan fingerprint density at radius 1 is 0.927 bits per heavy atom. The fourth-order valence-electron chi connectivity index (χ4n) is 3.75. The number of hydrogen-bond acceptors (Lipinski definition) is 9. The number of carbonyl (C=O) groups is 4. The second-order valence-electron chi connectivity index (χ2n) is 12.3. The lowest BCUT2D eigenvalue weighted by Gasteiger charge is -2.37. The van der Waals surface area contributed by atoms with Gasteiger partial charge in [-0.05, 0) is 79.7 Å². The average molecular weight is 589 g/mol. The van der Waals surface area contributed by atoms with Crippen molar-refractivity contribution in [2.45, 2.75) is 98.0 Å². The van der Waals surface area contributed by atoms with Crippen molar-refractivity contribution in [3.63, 3.8) is 0 Å². The van der Waals surface area contributed by atoms with Crippen molar-refractivity contribution in [1.29, 1.82) is 5.26 Å². The monoisotopic (exact) mass is 588 g/mol. The van der Waals surface area contributed by atoms with Crippen molar-refractivity contribution in [2.24, 2.45) is 0 Å². The molecule has 12 heteroatoms. The van der Waals surface area contributed by atoms with Gasteiger partial charge < -0.3 is 14.2 Å². The van der Waals surface area contributed by atoms with Crippen LogP contribution < -0.4 is 5.43 Å². The van der Waals surface area contributed by atoms with Crippen molar-refractivity contribution in [2.75, 3.05) is 5.75 Å². The lowest BCUT2D eigenvalue weighted by molar-refractivity contribution is -0.120. The fraction of sp³-hybridized carbons (Fsp3) is 0.552. The Hall–Kier alpha value is -3.72. The van der Waals surface area contributed by atoms with Gasteiger partial charge in [-0.15, -0.1) is 0 Å². The van der Waals surface area contributed by atoms with Crippen LogP contribution in [0.3, 0.4) is 0 Å². The second-order valence-corrected chi connectivity index (χ2v) is 13.6. The molecule has 0 spiro atoms. The van der Waals surface area contributed by atoms with E-state index in [2.05, 4.69) is 5.43 Å². The predicted molar refractivity (Wildman–Crippen MR) is 156 cm³/mol. The van der Waals surface area contributed by atoms with Gasteiger partial charge in [0.1, 0.15) is 22.9 Å². The summed E-state index contributed by atoms with van der Waals surface area (Å²) in [4.78, 5) is 53.3. The summed E-state index contributed by atoms with van der Waals surface area (Å²) in [6.45, 7) is 16.7. The number of rotatable bonds is 5. The summed E-state index contributed by atoms with van der Waals surface area (Å²) in [6.07, 6.45) is -1.78. The van der Waals surface area contributed by atoms with Gasteiger partial charge in [0.2, 0.25) is 10.7 Å². The molecule has 1 aromatic carbocycles. The number of hydrogen-bond donors (Lipinski definition) is 1. The van der Waals surface area contributed by atoms with Crippen LogP contribution in [0.2, 0.25) is 0 Å². The van der Waals surface area contributed by atoms with E-state index in [1.54, 1.807) is 93.5 Å². The van der Waals surface area contributed by atoms with Crippen LogP contribution in [0.1, 0.15) is 74.8 Å². The van der Waals surface area contributed by atoms with Gasteiger partial charge >= 0.3 is 18.3 Å². The van der Waals surface area contributed by atoms with Gasteiger partial charge in [-0.25, -0.2) is 19.8 Å². The summed E-state index contributed by atoms with van der Waals surface area (Å²) in [5.74, 6) is 0.288. The minimum atomic E-state index is -2.29. The Balaban J connectivity index is 2.77. The highest BCUT2D eigenvalue weighted by atomic mass is 32.2. The summed E-state index contributed by atoms with van der Waals surface area (Å²) < 4.78 is 17.7. The maximum absolute atomic E-state index is 13.7. The number of nitriles is 1. The highest BCUT2D eigenvalue weighted by Gasteiger charge is 2.51. The highest BCUT2D eigenvalue weighted by Crippen LogP contribution is 2.32. The largest absolute Gasteiger partial charge is 0.443 e. The average Bonchev–Trinajstić information content (AvgIpc) is 3.16. The molecule has 224 valence electrons. The molecule has 0 aliphatic rings. The lowest BCUT2D eigenvalue weighted by Crippen LogP contribution is -2.64. The van der Waals surface area contributed by atoms with E-state index in [0.717, 1.165) is 11.8 Å². The van der Waals surface area contributed by atoms with E-state index in [0.29, 0.717) is 21.5 Å². The minimum Gasteiger partial charge on any atom is -0.443 e. The fourth-order valence-corrected chi connectivity index (χ4v) is 4.46. The van der Waals surface area contributed by atoms with Crippen molar-refractivity contribution in [3.8, 4) is 6.07 Å². The number of hydrazine groups is 1. The number of nitrogens with one attached hydrogen (secondary N) is 1. The second kappa shape index (κ2) is 12.4. The smallest absolute Gasteiger partial charge is 0.431 e. The van der Waals surface area contributed by atoms with Gasteiger partial charge in [0.15, 0.2) is 0 Å². The first kappa shape index (κ1) is 33.5. The van der Waals surface area contributed by atoms with Crippen LogP contribution in [0.4, 0.5) is 14.4 Å². The first-order chi connectivity index (χ1) is 18.7. The van der Waals surface area contributed by atoms with Gasteiger partial charge in [-0.1, -0.05) is 36.9 Å². The molecule has 0 bridgehead atoms. The predicted octanol–water partition coefficient (Wildman–Crippen LogP) is 6.19. The molecule has 0 saturated carbocycles. The van der Waals surface area contributed by atoms with Crippen LogP contribution in [-0.4, -0.2) is 61.1 Å². The number of amides is 2. The molecular formula is C29H40N4O7S. The zero-order valence-electron chi connectivity index (χ0n) is 25.4. The molecule has 0 aliphatic carbocycles. The number of nitrogens with zero attached hydrogens (tertiary/aromatic N) is 3. The topological polar surface area (TPSA) is 140 Å². The molecule has 2 aromatic rings. The summed E-state index contributed by atoms with van der Waals surface area (Å²) >= 11 is 0.811. The highest BCUT2D eigenvalue weighted by molar-refractivity contribution is 8.13. The van der Waals surface area contributed by atoms with Gasteiger partial charge in [-0.3, -0.25) is 9.36 Å². The SMILES string of the molecule is CCSC(=O)[C@](C#N)(Cc1cn(C(=O)OC(C)(C)C)c2ccccc12)N(NC(=O)OC(C)(C)C)C(=O)OC(C)(C)C. The van der Waals surface area contributed by atoms with Gasteiger partial charge in [-0.2, -0.15) is 10.3 Å². The third-order valence-corrected chi connectivity index (χ3v) is 6.08. The molecule has 2 rings (SSSR count). The Morgan fingerprint density at radius 2 is 1.49 bits per heavy atom. The zero-order valence-corrected chi connectivity index (χ0v) is 26.2. The maximum atomic E-state index is 13.7. The van der Waals surface area contributed by atoms with E-state index in [1.807, 2.05) is 6.07 Å². The molecule has 11 nitrogen and oxygen atoms in total. The molecule has 41 heavy (non-hydrogen) atoms. The summed E-state index contributed by atoms with van der Waals surface area (Å²) in [7, 11) is 0. The third-order valence-electron chi connectivity index (χ3n) is 5.19. The van der Waals surface area contributed by atoms with Crippen molar-refractivity contribution in [1.82, 2.24) is 15.0 Å². The third kappa shape index (κ3) is 8.88. The molecule has 1 aromatic heterocycles. The van der Waals surface area contributed by atoms with Crippen LogP contribution in [-0.2, 0) is 25.4 Å². The normalized spacial score (nSPS) is 13.5. The Bertz CT molecular complexity index is 1340. The first-order valence-corrected chi connectivity index (χ1v) is 14.1. The number of para-hydroxylation sites is 1. The number of fused-ring (bicyclic) bond motifs is 1. The lowest BCUT2D eigenvalue weighted by atomic mass is 9.92. The first-order valence-electron chi connectivity index (χ1n) is 13.2. The molecule has 2 amide bonds. The number of carbonyl (C=O) groups excluding carboxylic acids is 4. The molecule has 1 atom stereocenters. The minimum absolute atomic E-state index is 0.288. The van der Waals surface area contributed by atoms with Crippen molar-refractivity contribution < 1.29 is 33.4 Å². The number of benzene rings is 1.